The van der Waals surface area contributed by atoms with Crippen LogP contribution in [0.5, 0.6) is 5.75 Å². The fourth-order valence-corrected chi connectivity index (χ4v) is 4.59. The monoisotopic (exact) mass is 325 g/mol. The van der Waals surface area contributed by atoms with Crippen molar-refractivity contribution in [1.29, 1.82) is 0 Å². The summed E-state index contributed by atoms with van der Waals surface area (Å²) < 4.78 is 34.1. The molecular weight excluding hydrogens is 298 g/mol. The van der Waals surface area contributed by atoms with E-state index in [1.165, 1.54) is 6.42 Å². The van der Waals surface area contributed by atoms with Gasteiger partial charge >= 0.3 is 0 Å². The van der Waals surface area contributed by atoms with Crippen molar-refractivity contribution in [2.75, 3.05) is 6.61 Å². The quantitative estimate of drug-likeness (QED) is 0.900. The highest BCUT2D eigenvalue weighted by atomic mass is 32.2. The first-order valence-electron chi connectivity index (χ1n) is 8.11. The molecule has 1 aromatic carbocycles. The third-order valence-electron chi connectivity index (χ3n) is 4.57. The van der Waals surface area contributed by atoms with Gasteiger partial charge in [0.1, 0.15) is 10.6 Å². The molecule has 0 radical (unpaired) electrons. The van der Waals surface area contributed by atoms with Crippen LogP contribution in [0.3, 0.4) is 0 Å². The van der Waals surface area contributed by atoms with Crippen LogP contribution in [0.15, 0.2) is 17.0 Å². The van der Waals surface area contributed by atoms with Gasteiger partial charge in [0.2, 0.25) is 10.0 Å². The lowest BCUT2D eigenvalue weighted by Gasteiger charge is -2.29. The summed E-state index contributed by atoms with van der Waals surface area (Å²) >= 11 is 0. The second-order valence-corrected chi connectivity index (χ2v) is 7.99. The molecule has 1 fully saturated rings. The number of aryl methyl sites for hydroxylation is 2. The Morgan fingerprint density at radius 2 is 1.82 bits per heavy atom. The molecule has 0 saturated heterocycles. The Kier molecular flexibility index (Phi) is 5.50. The maximum Gasteiger partial charge on any atom is 0.244 e. The molecule has 0 unspecified atom stereocenters. The highest BCUT2D eigenvalue weighted by molar-refractivity contribution is 7.89. The lowest BCUT2D eigenvalue weighted by Crippen LogP contribution is -2.41. The predicted molar refractivity (Wildman–Crippen MR) is 88.8 cm³/mol. The first-order chi connectivity index (χ1) is 10.3. The fourth-order valence-electron chi connectivity index (χ4n) is 3.00. The summed E-state index contributed by atoms with van der Waals surface area (Å²) in [5, 5.41) is 0. The van der Waals surface area contributed by atoms with Crippen LogP contribution in [0.1, 0.15) is 50.7 Å². The van der Waals surface area contributed by atoms with E-state index in [-0.39, 0.29) is 10.9 Å². The van der Waals surface area contributed by atoms with E-state index in [0.29, 0.717) is 18.3 Å². The number of nitrogens with one attached hydrogen (secondary N) is 1. The van der Waals surface area contributed by atoms with E-state index in [9.17, 15) is 8.42 Å². The summed E-state index contributed by atoms with van der Waals surface area (Å²) in [5.41, 5.74) is 1.99. The number of benzene rings is 1. The predicted octanol–water partition coefficient (Wildman–Crippen LogP) is 3.56. The first-order valence-corrected chi connectivity index (χ1v) is 9.60. The summed E-state index contributed by atoms with van der Waals surface area (Å²) in [4.78, 5) is 0.259. The molecule has 0 aliphatic heterocycles. The zero-order valence-electron chi connectivity index (χ0n) is 14.0. The van der Waals surface area contributed by atoms with E-state index in [0.717, 1.165) is 30.4 Å². The topological polar surface area (TPSA) is 55.4 Å². The second kappa shape index (κ2) is 7.01. The van der Waals surface area contributed by atoms with Crippen LogP contribution in [-0.4, -0.2) is 21.1 Å². The van der Waals surface area contributed by atoms with Gasteiger partial charge in [-0.2, -0.15) is 0 Å². The summed E-state index contributed by atoms with van der Waals surface area (Å²) in [5.74, 6) is 0.826. The van der Waals surface area contributed by atoms with E-state index in [4.69, 9.17) is 4.74 Å². The Bertz CT molecular complexity index is 625. The average molecular weight is 325 g/mol. The van der Waals surface area contributed by atoms with Gasteiger partial charge in [-0.25, -0.2) is 13.1 Å². The highest BCUT2D eigenvalue weighted by Crippen LogP contribution is 2.30. The van der Waals surface area contributed by atoms with Gasteiger partial charge in [-0.3, -0.25) is 0 Å². The van der Waals surface area contributed by atoms with Gasteiger partial charge in [0.15, 0.2) is 0 Å². The van der Waals surface area contributed by atoms with Gasteiger partial charge < -0.3 is 4.74 Å². The molecule has 1 saturated carbocycles. The van der Waals surface area contributed by atoms with E-state index in [2.05, 4.69) is 11.6 Å². The number of hydrogen-bond acceptors (Lipinski definition) is 3. The lowest BCUT2D eigenvalue weighted by molar-refractivity contribution is 0.308. The Morgan fingerprint density at radius 3 is 2.45 bits per heavy atom. The molecule has 124 valence electrons. The number of ether oxygens (including phenoxy) is 1. The van der Waals surface area contributed by atoms with Crippen molar-refractivity contribution in [1.82, 2.24) is 4.72 Å². The molecule has 1 aliphatic carbocycles. The van der Waals surface area contributed by atoms with Crippen molar-refractivity contribution in [3.63, 3.8) is 0 Å². The number of hydrogen-bond donors (Lipinski definition) is 1. The van der Waals surface area contributed by atoms with Crippen LogP contribution in [0.25, 0.3) is 0 Å². The van der Waals surface area contributed by atoms with Crippen LogP contribution >= 0.6 is 0 Å². The molecule has 0 bridgehead atoms. The van der Waals surface area contributed by atoms with Crippen molar-refractivity contribution >= 4 is 10.0 Å². The van der Waals surface area contributed by atoms with Crippen LogP contribution in [0, 0.1) is 19.8 Å². The Hall–Kier alpha value is -1.07. The standard InChI is InChI=1S/C17H27NO3S/c1-5-21-16-10-13(3)14(4)11-17(16)22(19,20)18-15-9-7-6-8-12(15)2/h10-12,15,18H,5-9H2,1-4H3/t12-,15+/m0/s1. The van der Waals surface area contributed by atoms with Gasteiger partial charge in [0, 0.05) is 6.04 Å². The largest absolute Gasteiger partial charge is 0.492 e. The van der Waals surface area contributed by atoms with Gasteiger partial charge in [-0.1, -0.05) is 19.8 Å². The van der Waals surface area contributed by atoms with Crippen molar-refractivity contribution in [2.45, 2.75) is 64.3 Å². The number of sulfonamides is 1. The van der Waals surface area contributed by atoms with Crippen molar-refractivity contribution in [3.05, 3.63) is 23.3 Å². The molecule has 22 heavy (non-hydrogen) atoms. The smallest absolute Gasteiger partial charge is 0.244 e. The molecule has 1 aliphatic rings. The molecule has 2 atom stereocenters. The average Bonchev–Trinajstić information content (AvgIpc) is 2.45. The fraction of sp³-hybridized carbons (Fsp3) is 0.647. The molecule has 4 nitrogen and oxygen atoms in total. The van der Waals surface area contributed by atoms with E-state index in [1.54, 1.807) is 6.07 Å². The Balaban J connectivity index is 2.33. The maximum absolute atomic E-state index is 12.8. The van der Waals surface area contributed by atoms with Crippen LogP contribution in [0.2, 0.25) is 0 Å². The molecule has 1 N–H and O–H groups in total. The third kappa shape index (κ3) is 3.82. The summed E-state index contributed by atoms with van der Waals surface area (Å²) in [6.07, 6.45) is 4.27. The van der Waals surface area contributed by atoms with Gasteiger partial charge in [-0.05, 0) is 62.8 Å². The second-order valence-electron chi connectivity index (χ2n) is 6.31. The van der Waals surface area contributed by atoms with Crippen molar-refractivity contribution in [3.8, 4) is 5.75 Å². The third-order valence-corrected chi connectivity index (χ3v) is 6.08. The van der Waals surface area contributed by atoms with E-state index < -0.39 is 10.0 Å². The molecule has 5 heteroatoms. The van der Waals surface area contributed by atoms with Gasteiger partial charge in [0.25, 0.3) is 0 Å². The van der Waals surface area contributed by atoms with Crippen molar-refractivity contribution < 1.29 is 13.2 Å². The lowest BCUT2D eigenvalue weighted by atomic mass is 9.87. The van der Waals surface area contributed by atoms with Gasteiger partial charge in [-0.15, -0.1) is 0 Å². The summed E-state index contributed by atoms with van der Waals surface area (Å²) in [6, 6.07) is 3.56. The van der Waals surface area contributed by atoms with Crippen LogP contribution < -0.4 is 9.46 Å². The van der Waals surface area contributed by atoms with E-state index in [1.807, 2.05) is 26.8 Å². The SMILES string of the molecule is CCOc1cc(C)c(C)cc1S(=O)(=O)N[C@@H]1CCCC[C@@H]1C. The van der Waals surface area contributed by atoms with Crippen molar-refractivity contribution in [2.24, 2.45) is 5.92 Å². The molecule has 0 aromatic heterocycles. The summed E-state index contributed by atoms with van der Waals surface area (Å²) in [7, 11) is -3.56. The molecule has 1 aromatic rings. The zero-order valence-corrected chi connectivity index (χ0v) is 14.8. The Labute approximate surface area is 134 Å². The molecular formula is C17H27NO3S. The van der Waals surface area contributed by atoms with Crippen LogP contribution in [-0.2, 0) is 10.0 Å². The minimum atomic E-state index is -3.56. The Morgan fingerprint density at radius 1 is 1.18 bits per heavy atom. The molecule has 0 heterocycles. The normalized spacial score (nSPS) is 22.5. The minimum Gasteiger partial charge on any atom is -0.492 e. The van der Waals surface area contributed by atoms with Crippen LogP contribution in [0.4, 0.5) is 0 Å². The minimum absolute atomic E-state index is 0.0230. The molecule has 0 amide bonds. The molecule has 0 spiro atoms. The highest BCUT2D eigenvalue weighted by Gasteiger charge is 2.29. The molecule has 2 rings (SSSR count). The zero-order chi connectivity index (χ0) is 16.3. The van der Waals surface area contributed by atoms with Gasteiger partial charge in [0.05, 0.1) is 6.61 Å². The first kappa shape index (κ1) is 17.3. The summed E-state index contributed by atoms with van der Waals surface area (Å²) in [6.45, 7) is 8.32. The van der Waals surface area contributed by atoms with E-state index >= 15 is 0 Å². The number of rotatable bonds is 5. The maximum atomic E-state index is 12.8.